The lowest BCUT2D eigenvalue weighted by molar-refractivity contribution is -0.139. The maximum absolute atomic E-state index is 11.6. The quantitative estimate of drug-likeness (QED) is 0.693. The standard InChI is InChI=1S/C11H13N3O3S/c1-3-4-8(10(15)16)14-11(17)13-7(2)9-12-5-6-18-9/h1,5-8H,4H2,2H3,(H,15,16)(H2,13,14,17). The van der Waals surface area contributed by atoms with Crippen LogP contribution >= 0.6 is 11.3 Å². The second-order valence-corrected chi connectivity index (χ2v) is 4.44. The first kappa shape index (κ1) is 14.0. The Morgan fingerprint density at radius 3 is 2.83 bits per heavy atom. The second kappa shape index (κ2) is 6.61. The Labute approximate surface area is 108 Å². The van der Waals surface area contributed by atoms with Crippen LogP contribution in [0.15, 0.2) is 11.6 Å². The zero-order chi connectivity index (χ0) is 13.5. The van der Waals surface area contributed by atoms with Crippen LogP contribution in [0.4, 0.5) is 4.79 Å². The predicted octanol–water partition coefficient (Wildman–Crippen LogP) is 0.980. The molecule has 2 atom stereocenters. The molecule has 3 N–H and O–H groups in total. The third-order valence-electron chi connectivity index (χ3n) is 2.09. The van der Waals surface area contributed by atoms with E-state index in [9.17, 15) is 9.59 Å². The fourth-order valence-corrected chi connectivity index (χ4v) is 1.87. The van der Waals surface area contributed by atoms with Crippen LogP contribution in [0.2, 0.25) is 0 Å². The van der Waals surface area contributed by atoms with Gasteiger partial charge >= 0.3 is 12.0 Å². The van der Waals surface area contributed by atoms with Crippen LogP contribution in [0.25, 0.3) is 0 Å². The van der Waals surface area contributed by atoms with Gasteiger partial charge in [0, 0.05) is 18.0 Å². The van der Waals surface area contributed by atoms with Crippen LogP contribution in [-0.4, -0.2) is 28.1 Å². The van der Waals surface area contributed by atoms with Crippen molar-refractivity contribution in [2.75, 3.05) is 0 Å². The normalized spacial score (nSPS) is 13.1. The van der Waals surface area contributed by atoms with Crippen LogP contribution in [0.5, 0.6) is 0 Å². The first-order chi connectivity index (χ1) is 8.54. The van der Waals surface area contributed by atoms with Gasteiger partial charge in [0.15, 0.2) is 0 Å². The number of terminal acetylenes is 1. The van der Waals surface area contributed by atoms with Gasteiger partial charge < -0.3 is 15.7 Å². The highest BCUT2D eigenvalue weighted by atomic mass is 32.1. The maximum Gasteiger partial charge on any atom is 0.327 e. The van der Waals surface area contributed by atoms with Crippen molar-refractivity contribution in [1.29, 1.82) is 0 Å². The number of carboxylic acid groups (broad SMARTS) is 1. The van der Waals surface area contributed by atoms with Gasteiger partial charge in [0.2, 0.25) is 0 Å². The Morgan fingerprint density at radius 1 is 1.61 bits per heavy atom. The van der Waals surface area contributed by atoms with Gasteiger partial charge in [0.25, 0.3) is 0 Å². The number of hydrogen-bond acceptors (Lipinski definition) is 4. The van der Waals surface area contributed by atoms with Crippen molar-refractivity contribution in [2.24, 2.45) is 0 Å². The minimum Gasteiger partial charge on any atom is -0.480 e. The molecule has 0 fully saturated rings. The Morgan fingerprint density at radius 2 is 2.33 bits per heavy atom. The summed E-state index contributed by atoms with van der Waals surface area (Å²) in [4.78, 5) is 26.4. The van der Waals surface area contributed by atoms with Crippen LogP contribution < -0.4 is 10.6 Å². The van der Waals surface area contributed by atoms with Crippen molar-refractivity contribution in [3.8, 4) is 12.3 Å². The Kier molecular flexibility index (Phi) is 5.14. The summed E-state index contributed by atoms with van der Waals surface area (Å²) in [6.07, 6.45) is 6.60. The molecule has 1 aromatic heterocycles. The molecule has 2 amide bonds. The highest BCUT2D eigenvalue weighted by Crippen LogP contribution is 2.14. The third-order valence-corrected chi connectivity index (χ3v) is 3.05. The number of carbonyl (C=O) groups is 2. The average molecular weight is 267 g/mol. The molecule has 0 bridgehead atoms. The summed E-state index contributed by atoms with van der Waals surface area (Å²) in [6.45, 7) is 1.76. The summed E-state index contributed by atoms with van der Waals surface area (Å²) in [5, 5.41) is 16.2. The van der Waals surface area contributed by atoms with Gasteiger partial charge in [0.1, 0.15) is 11.0 Å². The monoisotopic (exact) mass is 267 g/mol. The average Bonchev–Trinajstić information content (AvgIpc) is 2.81. The van der Waals surface area contributed by atoms with Crippen LogP contribution in [0.3, 0.4) is 0 Å². The van der Waals surface area contributed by atoms with Crippen molar-refractivity contribution in [2.45, 2.75) is 25.4 Å². The van der Waals surface area contributed by atoms with Gasteiger partial charge in [-0.15, -0.1) is 23.7 Å². The lowest BCUT2D eigenvalue weighted by Gasteiger charge is -2.15. The van der Waals surface area contributed by atoms with Gasteiger partial charge in [-0.3, -0.25) is 0 Å². The number of rotatable bonds is 5. The number of aliphatic carboxylic acids is 1. The topological polar surface area (TPSA) is 91.3 Å². The van der Waals surface area contributed by atoms with E-state index in [1.807, 2.05) is 0 Å². The number of nitrogens with zero attached hydrogens (tertiary/aromatic N) is 1. The summed E-state index contributed by atoms with van der Waals surface area (Å²) in [6, 6.07) is -1.95. The lowest BCUT2D eigenvalue weighted by atomic mass is 10.2. The molecule has 0 aliphatic carbocycles. The first-order valence-electron chi connectivity index (χ1n) is 5.17. The van der Waals surface area contributed by atoms with Crippen molar-refractivity contribution in [3.05, 3.63) is 16.6 Å². The molecule has 1 aromatic rings. The minimum absolute atomic E-state index is 0.0611. The molecule has 96 valence electrons. The van der Waals surface area contributed by atoms with E-state index in [0.29, 0.717) is 0 Å². The van der Waals surface area contributed by atoms with Crippen LogP contribution in [-0.2, 0) is 4.79 Å². The number of nitrogens with one attached hydrogen (secondary N) is 2. The van der Waals surface area contributed by atoms with E-state index in [1.165, 1.54) is 11.3 Å². The second-order valence-electron chi connectivity index (χ2n) is 3.51. The zero-order valence-electron chi connectivity index (χ0n) is 9.71. The number of carbonyl (C=O) groups excluding carboxylic acids is 1. The predicted molar refractivity (Wildman–Crippen MR) is 67.1 cm³/mol. The van der Waals surface area contributed by atoms with Gasteiger partial charge in [-0.25, -0.2) is 14.6 Å². The van der Waals surface area contributed by atoms with E-state index >= 15 is 0 Å². The number of urea groups is 1. The third kappa shape index (κ3) is 4.07. The number of hydrogen-bond donors (Lipinski definition) is 3. The van der Waals surface area contributed by atoms with Crippen LogP contribution in [0, 0.1) is 12.3 Å². The molecule has 2 unspecified atom stereocenters. The molecule has 0 aliphatic rings. The molecular formula is C11H13N3O3S. The van der Waals surface area contributed by atoms with Crippen molar-refractivity contribution in [1.82, 2.24) is 15.6 Å². The number of aromatic nitrogens is 1. The molecule has 0 aliphatic heterocycles. The summed E-state index contributed by atoms with van der Waals surface area (Å²) in [5.41, 5.74) is 0. The van der Waals surface area contributed by atoms with Gasteiger partial charge in [-0.2, -0.15) is 0 Å². The Bertz CT molecular complexity index is 453. The van der Waals surface area contributed by atoms with Crippen LogP contribution in [0.1, 0.15) is 24.4 Å². The lowest BCUT2D eigenvalue weighted by Crippen LogP contribution is -2.46. The molecule has 0 radical (unpaired) electrons. The summed E-state index contributed by atoms with van der Waals surface area (Å²) in [5.74, 6) is 1.04. The molecule has 0 aromatic carbocycles. The van der Waals surface area contributed by atoms with Gasteiger partial charge in [0.05, 0.1) is 6.04 Å². The maximum atomic E-state index is 11.6. The van der Waals surface area contributed by atoms with Crippen molar-refractivity contribution >= 4 is 23.3 Å². The van der Waals surface area contributed by atoms with Gasteiger partial charge in [-0.05, 0) is 6.92 Å². The summed E-state index contributed by atoms with van der Waals surface area (Å²) in [7, 11) is 0. The molecule has 7 heteroatoms. The van der Waals surface area contributed by atoms with Gasteiger partial charge in [-0.1, -0.05) is 0 Å². The fourth-order valence-electron chi connectivity index (χ4n) is 1.22. The zero-order valence-corrected chi connectivity index (χ0v) is 10.5. The molecule has 0 spiro atoms. The van der Waals surface area contributed by atoms with E-state index in [0.717, 1.165) is 5.01 Å². The minimum atomic E-state index is -1.16. The molecule has 0 saturated heterocycles. The molecule has 6 nitrogen and oxygen atoms in total. The Balaban J connectivity index is 2.50. The number of thiazole rings is 1. The van der Waals surface area contributed by atoms with E-state index in [2.05, 4.69) is 21.5 Å². The fraction of sp³-hybridized carbons (Fsp3) is 0.364. The Hall–Kier alpha value is -2.07. The summed E-state index contributed by atoms with van der Waals surface area (Å²) < 4.78 is 0. The number of amides is 2. The molecular weight excluding hydrogens is 254 g/mol. The molecule has 0 saturated carbocycles. The molecule has 18 heavy (non-hydrogen) atoms. The highest BCUT2D eigenvalue weighted by Gasteiger charge is 2.20. The number of carboxylic acids is 1. The van der Waals surface area contributed by atoms with Crippen molar-refractivity contribution in [3.63, 3.8) is 0 Å². The van der Waals surface area contributed by atoms with Crippen molar-refractivity contribution < 1.29 is 14.7 Å². The van der Waals surface area contributed by atoms with E-state index in [-0.39, 0.29) is 12.5 Å². The molecule has 1 rings (SSSR count). The summed E-state index contributed by atoms with van der Waals surface area (Å²) >= 11 is 1.41. The first-order valence-corrected chi connectivity index (χ1v) is 6.05. The highest BCUT2D eigenvalue weighted by molar-refractivity contribution is 7.09. The van der Waals surface area contributed by atoms with E-state index in [4.69, 9.17) is 11.5 Å². The SMILES string of the molecule is C#CCC(NC(=O)NC(C)c1nccs1)C(=O)O. The van der Waals surface area contributed by atoms with E-state index < -0.39 is 18.0 Å². The largest absolute Gasteiger partial charge is 0.480 e. The van der Waals surface area contributed by atoms with E-state index in [1.54, 1.807) is 18.5 Å². The smallest absolute Gasteiger partial charge is 0.327 e. The molecule has 1 heterocycles.